The van der Waals surface area contributed by atoms with Crippen LogP contribution in [0.2, 0.25) is 0 Å². The number of likely N-dealkylation sites (tertiary alicyclic amines) is 2. The summed E-state index contributed by atoms with van der Waals surface area (Å²) in [6, 6.07) is 4.07. The first-order valence-corrected chi connectivity index (χ1v) is 11.3. The van der Waals surface area contributed by atoms with E-state index in [1.165, 1.54) is 32.5 Å². The minimum atomic E-state index is 0.298. The number of unbranched alkanes of at least 4 members (excludes halogenated alkanes) is 3. The van der Waals surface area contributed by atoms with Gasteiger partial charge in [-0.2, -0.15) is 15.2 Å². The fraction of sp³-hybridized carbons (Fsp3) is 0.682. The Labute approximate surface area is 178 Å². The van der Waals surface area contributed by atoms with Crippen molar-refractivity contribution < 1.29 is 4.74 Å². The summed E-state index contributed by atoms with van der Waals surface area (Å²) in [6.45, 7) is 6.30. The van der Waals surface area contributed by atoms with E-state index in [0.717, 1.165) is 55.3 Å². The third-order valence-corrected chi connectivity index (χ3v) is 6.59. The van der Waals surface area contributed by atoms with Crippen LogP contribution in [-0.2, 0) is 6.42 Å². The highest BCUT2D eigenvalue weighted by Crippen LogP contribution is 2.30. The number of aromatic amines is 1. The Morgan fingerprint density at radius 1 is 1.20 bits per heavy atom. The van der Waals surface area contributed by atoms with Crippen molar-refractivity contribution in [3.63, 3.8) is 0 Å². The lowest BCUT2D eigenvalue weighted by Gasteiger charge is -2.31. The van der Waals surface area contributed by atoms with Crippen molar-refractivity contribution in [3.8, 4) is 12.1 Å². The third-order valence-electron chi connectivity index (χ3n) is 6.59. The molecule has 0 aromatic carbocycles. The van der Waals surface area contributed by atoms with Gasteiger partial charge in [0.2, 0.25) is 0 Å². The molecule has 4 heterocycles. The van der Waals surface area contributed by atoms with Crippen LogP contribution in [0.5, 0.6) is 6.01 Å². The first-order valence-electron chi connectivity index (χ1n) is 11.3. The van der Waals surface area contributed by atoms with Crippen molar-refractivity contribution in [1.82, 2.24) is 24.8 Å². The summed E-state index contributed by atoms with van der Waals surface area (Å²) < 4.78 is 5.66. The predicted molar refractivity (Wildman–Crippen MR) is 117 cm³/mol. The van der Waals surface area contributed by atoms with Gasteiger partial charge in [0.15, 0.2) is 5.82 Å². The number of fused-ring (bicyclic) bond motifs is 3. The fourth-order valence-corrected chi connectivity index (χ4v) is 4.84. The molecule has 2 aliphatic heterocycles. The topological polar surface area (TPSA) is 107 Å². The maximum Gasteiger partial charge on any atom is 0.319 e. The van der Waals surface area contributed by atoms with Crippen LogP contribution in [0.3, 0.4) is 0 Å². The Balaban J connectivity index is 1.35. The molecule has 3 N–H and O–H groups in total. The SMILES string of the molecule is CCCCOc1nc(N)c2[nH]c(C#N)c(CCCCCN3CC4CC3CN4C)c2n1. The van der Waals surface area contributed by atoms with Crippen LogP contribution in [-0.4, -0.2) is 70.1 Å². The quantitative estimate of drug-likeness (QED) is 0.579. The Morgan fingerprint density at radius 3 is 2.77 bits per heavy atom. The van der Waals surface area contributed by atoms with E-state index in [9.17, 15) is 5.26 Å². The number of hydrogen-bond donors (Lipinski definition) is 2. The predicted octanol–water partition coefficient (Wildman–Crippen LogP) is 2.69. The van der Waals surface area contributed by atoms with Gasteiger partial charge in [0.05, 0.1) is 6.61 Å². The zero-order chi connectivity index (χ0) is 21.1. The third kappa shape index (κ3) is 4.23. The molecule has 2 unspecified atom stereocenters. The molecule has 162 valence electrons. The molecule has 8 heteroatoms. The lowest BCUT2D eigenvalue weighted by Crippen LogP contribution is -2.44. The maximum absolute atomic E-state index is 9.57. The zero-order valence-corrected chi connectivity index (χ0v) is 18.2. The maximum atomic E-state index is 9.57. The van der Waals surface area contributed by atoms with Crippen LogP contribution in [0, 0.1) is 11.3 Å². The summed E-state index contributed by atoms with van der Waals surface area (Å²) in [5.41, 5.74) is 8.94. The standard InChI is InChI=1S/C22H33N7O/c1-3-4-10-30-22-26-19-17(18(12-23)25-20(19)21(24)27-22)8-6-5-7-9-29-14-15-11-16(29)13-28(15)2/h15-16,25H,3-11,13-14H2,1-2H3,(H2,24,26,27). The molecule has 30 heavy (non-hydrogen) atoms. The molecule has 0 spiro atoms. The molecule has 4 rings (SSSR count). The number of nitrogens with one attached hydrogen (secondary N) is 1. The molecule has 8 nitrogen and oxygen atoms in total. The van der Waals surface area contributed by atoms with Gasteiger partial charge >= 0.3 is 6.01 Å². The summed E-state index contributed by atoms with van der Waals surface area (Å²) in [5.74, 6) is 0.336. The Kier molecular flexibility index (Phi) is 6.40. The van der Waals surface area contributed by atoms with Crippen molar-refractivity contribution in [2.75, 3.05) is 39.0 Å². The molecule has 2 aliphatic rings. The summed E-state index contributed by atoms with van der Waals surface area (Å²) in [4.78, 5) is 17.1. The fourth-order valence-electron chi connectivity index (χ4n) is 4.84. The van der Waals surface area contributed by atoms with Gasteiger partial charge in [-0.3, -0.25) is 4.90 Å². The van der Waals surface area contributed by atoms with Crippen LogP contribution in [0.1, 0.15) is 56.7 Å². The van der Waals surface area contributed by atoms with Crippen LogP contribution >= 0.6 is 0 Å². The van der Waals surface area contributed by atoms with E-state index in [-0.39, 0.29) is 0 Å². The molecule has 2 atom stereocenters. The van der Waals surface area contributed by atoms with E-state index in [2.05, 4.69) is 44.8 Å². The number of anilines is 1. The van der Waals surface area contributed by atoms with Crippen LogP contribution in [0.15, 0.2) is 0 Å². The minimum absolute atomic E-state index is 0.298. The van der Waals surface area contributed by atoms with Crippen LogP contribution in [0.25, 0.3) is 11.0 Å². The van der Waals surface area contributed by atoms with Crippen molar-refractivity contribution in [3.05, 3.63) is 11.3 Å². The molecule has 2 fully saturated rings. The van der Waals surface area contributed by atoms with Crippen molar-refractivity contribution in [2.45, 2.75) is 64.0 Å². The number of rotatable bonds is 10. The van der Waals surface area contributed by atoms with E-state index < -0.39 is 0 Å². The smallest absolute Gasteiger partial charge is 0.319 e. The number of likely N-dealkylation sites (N-methyl/N-ethyl adjacent to an activating group) is 1. The number of nitrogens with two attached hydrogens (primary N) is 1. The monoisotopic (exact) mass is 411 g/mol. The zero-order valence-electron chi connectivity index (χ0n) is 18.2. The number of aryl methyl sites for hydroxylation is 1. The second-order valence-corrected chi connectivity index (χ2v) is 8.70. The highest BCUT2D eigenvalue weighted by molar-refractivity contribution is 5.89. The first kappa shape index (κ1) is 20.9. The number of ether oxygens (including phenoxy) is 1. The summed E-state index contributed by atoms with van der Waals surface area (Å²) in [7, 11) is 2.24. The first-order chi connectivity index (χ1) is 14.6. The van der Waals surface area contributed by atoms with Gasteiger partial charge in [-0.05, 0) is 45.7 Å². The van der Waals surface area contributed by atoms with Gasteiger partial charge in [0.1, 0.15) is 22.8 Å². The molecular weight excluding hydrogens is 378 g/mol. The van der Waals surface area contributed by atoms with Crippen LogP contribution in [0.4, 0.5) is 5.82 Å². The molecular formula is C22H33N7O. The number of hydrogen-bond acceptors (Lipinski definition) is 7. The highest BCUT2D eigenvalue weighted by Gasteiger charge is 2.40. The van der Waals surface area contributed by atoms with Gasteiger partial charge in [0, 0.05) is 30.7 Å². The van der Waals surface area contributed by atoms with Gasteiger partial charge in [-0.1, -0.05) is 19.8 Å². The van der Waals surface area contributed by atoms with Crippen molar-refractivity contribution in [1.29, 1.82) is 5.26 Å². The molecule has 2 aromatic rings. The molecule has 0 saturated carbocycles. The van der Waals surface area contributed by atoms with Crippen LogP contribution < -0.4 is 10.5 Å². The lowest BCUT2D eigenvalue weighted by atomic mass is 10.1. The van der Waals surface area contributed by atoms with E-state index in [0.29, 0.717) is 29.6 Å². The molecule has 0 amide bonds. The van der Waals surface area contributed by atoms with Crippen molar-refractivity contribution >= 4 is 16.9 Å². The number of H-pyrrole nitrogens is 1. The van der Waals surface area contributed by atoms with Gasteiger partial charge in [0.25, 0.3) is 0 Å². The number of nitrogens with zero attached hydrogens (tertiary/aromatic N) is 5. The van der Waals surface area contributed by atoms with E-state index in [1.807, 2.05) is 0 Å². The molecule has 0 radical (unpaired) electrons. The second-order valence-electron chi connectivity index (χ2n) is 8.70. The normalized spacial score (nSPS) is 21.5. The van der Waals surface area contributed by atoms with Crippen molar-refractivity contribution in [2.24, 2.45) is 0 Å². The molecule has 2 aromatic heterocycles. The second kappa shape index (κ2) is 9.19. The average molecular weight is 412 g/mol. The Hall–Kier alpha value is -2.37. The molecule has 0 aliphatic carbocycles. The van der Waals surface area contributed by atoms with E-state index in [1.54, 1.807) is 0 Å². The number of piperazine rings is 1. The number of nitrogen functional groups attached to an aromatic ring is 1. The molecule has 2 saturated heterocycles. The lowest BCUT2D eigenvalue weighted by molar-refractivity contribution is 0.147. The Morgan fingerprint density at radius 2 is 2.07 bits per heavy atom. The summed E-state index contributed by atoms with van der Waals surface area (Å²) >= 11 is 0. The summed E-state index contributed by atoms with van der Waals surface area (Å²) in [5, 5.41) is 9.57. The highest BCUT2D eigenvalue weighted by atomic mass is 16.5. The molecule has 2 bridgehead atoms. The van der Waals surface area contributed by atoms with Gasteiger partial charge in [-0.25, -0.2) is 0 Å². The average Bonchev–Trinajstić information content (AvgIpc) is 3.40. The summed E-state index contributed by atoms with van der Waals surface area (Å²) in [6.07, 6.45) is 7.49. The van der Waals surface area contributed by atoms with E-state index >= 15 is 0 Å². The number of aromatic nitrogens is 3. The minimum Gasteiger partial charge on any atom is -0.463 e. The van der Waals surface area contributed by atoms with Gasteiger partial charge < -0.3 is 20.4 Å². The number of nitriles is 1. The largest absolute Gasteiger partial charge is 0.463 e. The van der Waals surface area contributed by atoms with Gasteiger partial charge in [-0.15, -0.1) is 0 Å². The van der Waals surface area contributed by atoms with E-state index in [4.69, 9.17) is 10.5 Å². The Bertz CT molecular complexity index is 916.